The molecule has 3 atom stereocenters. The lowest BCUT2D eigenvalue weighted by Gasteiger charge is -2.26. The molecule has 1 fully saturated rings. The molecular formula is C15H20O4. The van der Waals surface area contributed by atoms with E-state index in [2.05, 4.69) is 0 Å². The summed E-state index contributed by atoms with van der Waals surface area (Å²) in [5.41, 5.74) is 0.639. The summed E-state index contributed by atoms with van der Waals surface area (Å²) in [6.07, 6.45) is 1.85. The molecule has 0 spiro atoms. The minimum absolute atomic E-state index is 0.413. The molecule has 1 aromatic rings. The van der Waals surface area contributed by atoms with Crippen LogP contribution in [0.2, 0.25) is 0 Å². The summed E-state index contributed by atoms with van der Waals surface area (Å²) in [7, 11) is 0. The van der Waals surface area contributed by atoms with Crippen molar-refractivity contribution in [1.82, 2.24) is 0 Å². The molecule has 3 N–H and O–H groups in total. The summed E-state index contributed by atoms with van der Waals surface area (Å²) in [5, 5.41) is 29.1. The fraction of sp³-hybridized carbons (Fsp3) is 0.533. The molecule has 1 aliphatic rings. The van der Waals surface area contributed by atoms with Crippen LogP contribution in [0.4, 0.5) is 0 Å². The summed E-state index contributed by atoms with van der Waals surface area (Å²) in [5.74, 6) is -1.38. The average molecular weight is 264 g/mol. The van der Waals surface area contributed by atoms with E-state index in [9.17, 15) is 15.0 Å². The first kappa shape index (κ1) is 14.0. The molecule has 2 rings (SSSR count). The summed E-state index contributed by atoms with van der Waals surface area (Å²) in [6, 6.07) is 7.22. The minimum atomic E-state index is -1.03. The van der Waals surface area contributed by atoms with E-state index >= 15 is 0 Å². The Balaban J connectivity index is 2.09. The molecule has 19 heavy (non-hydrogen) atoms. The van der Waals surface area contributed by atoms with Crippen molar-refractivity contribution in [2.24, 2.45) is 0 Å². The Kier molecular flexibility index (Phi) is 3.92. The third-order valence-corrected chi connectivity index (χ3v) is 4.07. The fourth-order valence-corrected chi connectivity index (χ4v) is 2.66. The predicted octanol–water partition coefficient (Wildman–Crippen LogP) is 1.69. The highest BCUT2D eigenvalue weighted by Gasteiger charge is 2.39. The van der Waals surface area contributed by atoms with Crippen LogP contribution in [-0.4, -0.2) is 33.0 Å². The van der Waals surface area contributed by atoms with Gasteiger partial charge in [0.1, 0.15) is 0 Å². The number of aliphatic hydroxyl groups excluding tert-OH is 1. The highest BCUT2D eigenvalue weighted by Crippen LogP contribution is 2.33. The SMILES string of the molecule is CC(C(=O)O)c1ccc(C[C@@]2(O)CCCC2O)cc1. The van der Waals surface area contributed by atoms with Crippen LogP contribution in [0.5, 0.6) is 0 Å². The van der Waals surface area contributed by atoms with Crippen LogP contribution in [0.25, 0.3) is 0 Å². The van der Waals surface area contributed by atoms with E-state index < -0.39 is 23.6 Å². The van der Waals surface area contributed by atoms with Crippen molar-refractivity contribution in [3.8, 4) is 0 Å². The number of carbonyl (C=O) groups is 1. The summed E-state index contributed by atoms with van der Waals surface area (Å²) in [6.45, 7) is 1.64. The molecule has 0 saturated heterocycles. The normalized spacial score (nSPS) is 28.3. The van der Waals surface area contributed by atoms with Crippen LogP contribution in [0.1, 0.15) is 43.2 Å². The standard InChI is InChI=1S/C15H20O4/c1-10(14(17)18)12-6-4-11(5-7-12)9-15(19)8-2-3-13(15)16/h4-7,10,13,16,19H,2-3,8-9H2,1H3,(H,17,18)/t10?,13?,15-/m0/s1. The van der Waals surface area contributed by atoms with E-state index in [1.54, 1.807) is 19.1 Å². The van der Waals surface area contributed by atoms with Crippen LogP contribution in [0.15, 0.2) is 24.3 Å². The second-order valence-electron chi connectivity index (χ2n) is 5.49. The molecule has 0 aromatic heterocycles. The summed E-state index contributed by atoms with van der Waals surface area (Å²) in [4.78, 5) is 10.9. The molecule has 1 aromatic carbocycles. The van der Waals surface area contributed by atoms with Crippen LogP contribution in [0, 0.1) is 0 Å². The number of aliphatic hydroxyl groups is 2. The summed E-state index contributed by atoms with van der Waals surface area (Å²) < 4.78 is 0. The van der Waals surface area contributed by atoms with Crippen molar-refractivity contribution in [3.05, 3.63) is 35.4 Å². The zero-order chi connectivity index (χ0) is 14.0. The van der Waals surface area contributed by atoms with Gasteiger partial charge in [-0.25, -0.2) is 0 Å². The van der Waals surface area contributed by atoms with Crippen LogP contribution in [-0.2, 0) is 11.2 Å². The van der Waals surface area contributed by atoms with Crippen molar-refractivity contribution in [1.29, 1.82) is 0 Å². The lowest BCUT2D eigenvalue weighted by atomic mass is 9.90. The molecule has 1 aliphatic carbocycles. The van der Waals surface area contributed by atoms with Gasteiger partial charge in [0.25, 0.3) is 0 Å². The van der Waals surface area contributed by atoms with Gasteiger partial charge in [-0.1, -0.05) is 24.3 Å². The average Bonchev–Trinajstić information content (AvgIpc) is 2.69. The fourth-order valence-electron chi connectivity index (χ4n) is 2.66. The Labute approximate surface area is 112 Å². The molecular weight excluding hydrogens is 244 g/mol. The van der Waals surface area contributed by atoms with Gasteiger partial charge in [0, 0.05) is 6.42 Å². The van der Waals surface area contributed by atoms with Crippen molar-refractivity contribution in [2.75, 3.05) is 0 Å². The van der Waals surface area contributed by atoms with Gasteiger partial charge >= 0.3 is 5.97 Å². The number of aliphatic carboxylic acids is 1. The first-order chi connectivity index (χ1) is 8.92. The molecule has 0 aliphatic heterocycles. The molecule has 104 valence electrons. The van der Waals surface area contributed by atoms with Gasteiger partial charge in [-0.2, -0.15) is 0 Å². The van der Waals surface area contributed by atoms with Crippen molar-refractivity contribution < 1.29 is 20.1 Å². The van der Waals surface area contributed by atoms with Gasteiger partial charge in [0.2, 0.25) is 0 Å². The van der Waals surface area contributed by atoms with E-state index in [4.69, 9.17) is 5.11 Å². The van der Waals surface area contributed by atoms with E-state index in [1.807, 2.05) is 12.1 Å². The van der Waals surface area contributed by atoms with E-state index in [0.717, 1.165) is 17.5 Å². The lowest BCUT2D eigenvalue weighted by Crippen LogP contribution is -2.39. The molecule has 0 radical (unpaired) electrons. The molecule has 2 unspecified atom stereocenters. The van der Waals surface area contributed by atoms with Gasteiger partial charge in [-0.3, -0.25) is 4.79 Å². The van der Waals surface area contributed by atoms with Gasteiger partial charge in [0.05, 0.1) is 17.6 Å². The zero-order valence-corrected chi connectivity index (χ0v) is 11.0. The number of rotatable bonds is 4. The molecule has 0 amide bonds. The van der Waals surface area contributed by atoms with Gasteiger partial charge in [0.15, 0.2) is 0 Å². The van der Waals surface area contributed by atoms with Crippen LogP contribution >= 0.6 is 0 Å². The third kappa shape index (κ3) is 2.96. The predicted molar refractivity (Wildman–Crippen MR) is 71.0 cm³/mol. The number of hydrogen-bond donors (Lipinski definition) is 3. The zero-order valence-electron chi connectivity index (χ0n) is 11.0. The first-order valence-electron chi connectivity index (χ1n) is 6.64. The number of carboxylic acid groups (broad SMARTS) is 1. The second-order valence-corrected chi connectivity index (χ2v) is 5.49. The number of benzene rings is 1. The molecule has 0 bridgehead atoms. The highest BCUT2D eigenvalue weighted by molar-refractivity contribution is 5.75. The van der Waals surface area contributed by atoms with Crippen LogP contribution < -0.4 is 0 Å². The van der Waals surface area contributed by atoms with Crippen molar-refractivity contribution in [2.45, 2.75) is 50.2 Å². The van der Waals surface area contributed by atoms with E-state index in [0.29, 0.717) is 19.3 Å². The first-order valence-corrected chi connectivity index (χ1v) is 6.64. The maximum atomic E-state index is 10.9. The molecule has 1 saturated carbocycles. The smallest absolute Gasteiger partial charge is 0.310 e. The van der Waals surface area contributed by atoms with Gasteiger partial charge in [-0.15, -0.1) is 0 Å². The Bertz CT molecular complexity index is 454. The molecule has 4 heteroatoms. The van der Waals surface area contributed by atoms with Gasteiger partial charge in [-0.05, 0) is 37.3 Å². The van der Waals surface area contributed by atoms with Crippen molar-refractivity contribution in [3.63, 3.8) is 0 Å². The Morgan fingerprint density at radius 2 is 2.05 bits per heavy atom. The maximum absolute atomic E-state index is 10.9. The number of carboxylic acids is 1. The maximum Gasteiger partial charge on any atom is 0.310 e. The monoisotopic (exact) mass is 264 g/mol. The third-order valence-electron chi connectivity index (χ3n) is 4.07. The molecule has 4 nitrogen and oxygen atoms in total. The minimum Gasteiger partial charge on any atom is -0.481 e. The quantitative estimate of drug-likeness (QED) is 0.773. The lowest BCUT2D eigenvalue weighted by molar-refractivity contribution is -0.138. The largest absolute Gasteiger partial charge is 0.481 e. The molecule has 0 heterocycles. The second kappa shape index (κ2) is 5.31. The van der Waals surface area contributed by atoms with E-state index in [-0.39, 0.29) is 0 Å². The Morgan fingerprint density at radius 1 is 1.42 bits per heavy atom. The van der Waals surface area contributed by atoms with E-state index in [1.165, 1.54) is 0 Å². The Morgan fingerprint density at radius 3 is 2.53 bits per heavy atom. The van der Waals surface area contributed by atoms with Crippen LogP contribution in [0.3, 0.4) is 0 Å². The highest BCUT2D eigenvalue weighted by atomic mass is 16.4. The van der Waals surface area contributed by atoms with Crippen molar-refractivity contribution >= 4 is 5.97 Å². The topological polar surface area (TPSA) is 77.8 Å². The van der Waals surface area contributed by atoms with Gasteiger partial charge < -0.3 is 15.3 Å². The number of hydrogen-bond acceptors (Lipinski definition) is 3. The Hall–Kier alpha value is -1.39. The summed E-state index contributed by atoms with van der Waals surface area (Å²) >= 11 is 0.